The molecule has 0 spiro atoms. The molecule has 0 saturated carbocycles. The summed E-state index contributed by atoms with van der Waals surface area (Å²) in [5.74, 6) is 0. The highest BCUT2D eigenvalue weighted by molar-refractivity contribution is 7.88. The third-order valence-electron chi connectivity index (χ3n) is 4.65. The first-order chi connectivity index (χ1) is 11.8. The van der Waals surface area contributed by atoms with Crippen LogP contribution in [-0.2, 0) is 10.8 Å². The maximum absolute atomic E-state index is 12.4. The number of benzene rings is 4. The van der Waals surface area contributed by atoms with Crippen LogP contribution in [0.25, 0.3) is 38.7 Å². The fourth-order valence-electron chi connectivity index (χ4n) is 3.53. The molecule has 0 saturated heterocycles. The molecule has 1 heterocycles. The van der Waals surface area contributed by atoms with Gasteiger partial charge in [0.15, 0.2) is 0 Å². The molecule has 114 valence electrons. The largest absolute Gasteiger partial charge is 0.250 e. The van der Waals surface area contributed by atoms with Crippen molar-refractivity contribution < 1.29 is 4.21 Å². The SMILES string of the molecule is O=S1C=Cc2cccc(-c3cccc4cc5ccccc5cc34)c21. The summed E-state index contributed by atoms with van der Waals surface area (Å²) in [6, 6.07) is 25.4. The Morgan fingerprint density at radius 3 is 2.25 bits per heavy atom. The first kappa shape index (κ1) is 13.7. The van der Waals surface area contributed by atoms with Crippen LogP contribution in [0.2, 0.25) is 0 Å². The summed E-state index contributed by atoms with van der Waals surface area (Å²) in [6.07, 6.45) is 1.95. The fourth-order valence-corrected chi connectivity index (χ4v) is 4.70. The highest BCUT2D eigenvalue weighted by Crippen LogP contribution is 2.38. The Morgan fingerprint density at radius 1 is 0.667 bits per heavy atom. The Bertz CT molecular complexity index is 1170. The van der Waals surface area contributed by atoms with Gasteiger partial charge in [-0.05, 0) is 56.4 Å². The quantitative estimate of drug-likeness (QED) is 0.407. The lowest BCUT2D eigenvalue weighted by Gasteiger charge is -2.12. The van der Waals surface area contributed by atoms with Crippen molar-refractivity contribution in [2.45, 2.75) is 4.90 Å². The fraction of sp³-hybridized carbons (Fsp3) is 0. The minimum Gasteiger partial charge on any atom is -0.250 e. The second kappa shape index (κ2) is 5.15. The molecule has 5 rings (SSSR count). The summed E-state index contributed by atoms with van der Waals surface area (Å²) in [5, 5.41) is 6.65. The van der Waals surface area contributed by atoms with Crippen LogP contribution in [0.5, 0.6) is 0 Å². The van der Waals surface area contributed by atoms with E-state index in [0.29, 0.717) is 0 Å². The van der Waals surface area contributed by atoms with Crippen molar-refractivity contribution in [1.82, 2.24) is 0 Å². The first-order valence-electron chi connectivity index (χ1n) is 7.95. The van der Waals surface area contributed by atoms with Crippen LogP contribution in [0.15, 0.2) is 83.1 Å². The van der Waals surface area contributed by atoms with Crippen LogP contribution < -0.4 is 0 Å². The zero-order valence-electron chi connectivity index (χ0n) is 12.9. The minimum atomic E-state index is -1.06. The van der Waals surface area contributed by atoms with Crippen LogP contribution in [0.4, 0.5) is 0 Å². The van der Waals surface area contributed by atoms with E-state index in [1.165, 1.54) is 21.5 Å². The molecule has 0 fully saturated rings. The van der Waals surface area contributed by atoms with E-state index >= 15 is 0 Å². The highest BCUT2D eigenvalue weighted by Gasteiger charge is 2.19. The molecule has 1 nitrogen and oxygen atoms in total. The van der Waals surface area contributed by atoms with Gasteiger partial charge in [-0.1, -0.05) is 60.7 Å². The molecular weight excluding hydrogens is 312 g/mol. The van der Waals surface area contributed by atoms with Crippen molar-refractivity contribution >= 4 is 38.4 Å². The topological polar surface area (TPSA) is 17.1 Å². The molecule has 0 N–H and O–H groups in total. The van der Waals surface area contributed by atoms with E-state index in [-0.39, 0.29) is 0 Å². The van der Waals surface area contributed by atoms with Crippen molar-refractivity contribution in [3.8, 4) is 11.1 Å². The molecule has 1 atom stereocenters. The number of rotatable bonds is 1. The van der Waals surface area contributed by atoms with Crippen molar-refractivity contribution in [2.75, 3.05) is 0 Å². The van der Waals surface area contributed by atoms with Gasteiger partial charge in [-0.2, -0.15) is 0 Å². The molecule has 24 heavy (non-hydrogen) atoms. The van der Waals surface area contributed by atoms with Crippen molar-refractivity contribution in [3.63, 3.8) is 0 Å². The molecule has 0 bridgehead atoms. The van der Waals surface area contributed by atoms with Gasteiger partial charge in [-0.25, -0.2) is 4.21 Å². The maximum Gasteiger partial charge on any atom is 0.0788 e. The van der Waals surface area contributed by atoms with Crippen molar-refractivity contribution in [3.05, 3.63) is 83.8 Å². The molecular formula is C22H14OS. The summed E-state index contributed by atoms with van der Waals surface area (Å²) >= 11 is 0. The van der Waals surface area contributed by atoms with Gasteiger partial charge in [0.05, 0.1) is 15.7 Å². The van der Waals surface area contributed by atoms with E-state index in [0.717, 1.165) is 21.6 Å². The van der Waals surface area contributed by atoms with Gasteiger partial charge in [-0.15, -0.1) is 0 Å². The van der Waals surface area contributed by atoms with Crippen LogP contribution in [0.3, 0.4) is 0 Å². The zero-order chi connectivity index (χ0) is 16.1. The van der Waals surface area contributed by atoms with E-state index in [4.69, 9.17) is 0 Å². The van der Waals surface area contributed by atoms with Gasteiger partial charge in [0, 0.05) is 5.41 Å². The number of hydrogen-bond donors (Lipinski definition) is 0. The molecule has 0 amide bonds. The van der Waals surface area contributed by atoms with E-state index < -0.39 is 10.8 Å². The summed E-state index contributed by atoms with van der Waals surface area (Å²) in [6.45, 7) is 0. The average molecular weight is 326 g/mol. The Labute approximate surface area is 142 Å². The molecule has 0 aromatic heterocycles. The third kappa shape index (κ3) is 1.97. The summed E-state index contributed by atoms with van der Waals surface area (Å²) < 4.78 is 12.4. The Hall–Kier alpha value is -2.71. The van der Waals surface area contributed by atoms with Crippen molar-refractivity contribution in [1.29, 1.82) is 0 Å². The van der Waals surface area contributed by atoms with E-state index in [1.54, 1.807) is 5.41 Å². The lowest BCUT2D eigenvalue weighted by molar-refractivity contribution is 0.689. The standard InChI is InChI=1S/C22H14OS/c23-24-12-11-15-7-3-10-20(22(15)24)19-9-4-8-18-13-16-5-1-2-6-17(16)14-21(18)19/h1-14H. The normalized spacial score (nSPS) is 15.9. The van der Waals surface area contributed by atoms with Crippen LogP contribution in [0.1, 0.15) is 5.56 Å². The summed E-state index contributed by atoms with van der Waals surface area (Å²) in [5.41, 5.74) is 3.27. The van der Waals surface area contributed by atoms with Gasteiger partial charge in [-0.3, -0.25) is 0 Å². The van der Waals surface area contributed by atoms with Gasteiger partial charge < -0.3 is 0 Å². The van der Waals surface area contributed by atoms with Gasteiger partial charge in [0.25, 0.3) is 0 Å². The number of hydrogen-bond acceptors (Lipinski definition) is 1. The van der Waals surface area contributed by atoms with Gasteiger partial charge >= 0.3 is 0 Å². The molecule has 1 aliphatic heterocycles. The molecule has 2 heteroatoms. The predicted molar refractivity (Wildman–Crippen MR) is 102 cm³/mol. The lowest BCUT2D eigenvalue weighted by atomic mass is 9.94. The zero-order valence-corrected chi connectivity index (χ0v) is 13.7. The minimum absolute atomic E-state index is 0.929. The van der Waals surface area contributed by atoms with E-state index in [2.05, 4.69) is 60.7 Å². The molecule has 1 aliphatic rings. The number of fused-ring (bicyclic) bond motifs is 3. The molecule has 0 aliphatic carbocycles. The Kier molecular flexibility index (Phi) is 2.94. The molecule has 0 radical (unpaired) electrons. The molecule has 4 aromatic rings. The van der Waals surface area contributed by atoms with Gasteiger partial charge in [0.1, 0.15) is 0 Å². The van der Waals surface area contributed by atoms with Crippen LogP contribution in [0, 0.1) is 0 Å². The third-order valence-corrected chi connectivity index (χ3v) is 5.90. The highest BCUT2D eigenvalue weighted by atomic mass is 32.2. The second-order valence-electron chi connectivity index (χ2n) is 6.05. The molecule has 4 aromatic carbocycles. The summed E-state index contributed by atoms with van der Waals surface area (Å²) in [4.78, 5) is 0.929. The van der Waals surface area contributed by atoms with Crippen LogP contribution in [-0.4, -0.2) is 4.21 Å². The average Bonchev–Trinajstić information content (AvgIpc) is 3.01. The first-order valence-corrected chi connectivity index (χ1v) is 9.16. The maximum atomic E-state index is 12.4. The Balaban J connectivity index is 1.87. The van der Waals surface area contributed by atoms with E-state index in [9.17, 15) is 4.21 Å². The van der Waals surface area contributed by atoms with Crippen molar-refractivity contribution in [2.24, 2.45) is 0 Å². The Morgan fingerprint density at radius 2 is 1.38 bits per heavy atom. The predicted octanol–water partition coefficient (Wildman–Crippen LogP) is 5.75. The van der Waals surface area contributed by atoms with Crippen LogP contribution >= 0.6 is 0 Å². The van der Waals surface area contributed by atoms with Gasteiger partial charge in [0.2, 0.25) is 0 Å². The second-order valence-corrected chi connectivity index (χ2v) is 7.33. The smallest absolute Gasteiger partial charge is 0.0788 e. The summed E-state index contributed by atoms with van der Waals surface area (Å²) in [7, 11) is -1.06. The monoisotopic (exact) mass is 326 g/mol. The van der Waals surface area contributed by atoms with E-state index in [1.807, 2.05) is 18.2 Å². The lowest BCUT2D eigenvalue weighted by Crippen LogP contribution is -1.91. The molecule has 1 unspecified atom stereocenters.